The van der Waals surface area contributed by atoms with Crippen molar-refractivity contribution in [2.45, 2.75) is 13.5 Å². The van der Waals surface area contributed by atoms with E-state index < -0.39 is 0 Å². The molecule has 2 rings (SSSR count). The minimum absolute atomic E-state index is 0.212. The minimum atomic E-state index is -0.343. The van der Waals surface area contributed by atoms with Crippen LogP contribution in [0, 0.1) is 24.6 Å². The number of nitrogens with two attached hydrogens (primary N) is 1. The van der Waals surface area contributed by atoms with Gasteiger partial charge in [0.05, 0.1) is 12.1 Å². The maximum absolute atomic E-state index is 13.5. The van der Waals surface area contributed by atoms with Gasteiger partial charge in [-0.15, -0.1) is 0 Å². The van der Waals surface area contributed by atoms with E-state index in [1.54, 1.807) is 12.1 Å². The Hall–Kier alpha value is -2.31. The number of benzene rings is 2. The molecular weight excluding hydrogens is 253 g/mol. The Bertz CT molecular complexity index is 638. The molecule has 2 nitrogen and oxygen atoms in total. The molecule has 0 atom stereocenters. The molecule has 2 N–H and O–H groups in total. The van der Waals surface area contributed by atoms with Crippen LogP contribution >= 0.6 is 0 Å². The molecule has 0 aromatic heterocycles. The average Bonchev–Trinajstić information content (AvgIpc) is 2.46. The van der Waals surface area contributed by atoms with Gasteiger partial charge in [-0.1, -0.05) is 35.6 Å². The van der Waals surface area contributed by atoms with E-state index in [0.29, 0.717) is 12.2 Å². The van der Waals surface area contributed by atoms with Crippen LogP contribution in [0.2, 0.25) is 0 Å². The predicted octanol–water partition coefficient (Wildman–Crippen LogP) is 3.02. The third kappa shape index (κ3) is 3.84. The van der Waals surface area contributed by atoms with Gasteiger partial charge in [0, 0.05) is 0 Å². The van der Waals surface area contributed by atoms with E-state index in [0.717, 1.165) is 11.3 Å². The fourth-order valence-electron chi connectivity index (χ4n) is 1.71. The Morgan fingerprint density at radius 1 is 1.15 bits per heavy atom. The number of ether oxygens (including phenoxy) is 1. The molecule has 0 saturated heterocycles. The molecular formula is C17H16FNO. The molecule has 2 aromatic carbocycles. The maximum atomic E-state index is 13.5. The first kappa shape index (κ1) is 14.1. The normalized spacial score (nSPS) is 9.75. The van der Waals surface area contributed by atoms with Gasteiger partial charge in [0.15, 0.2) is 0 Å². The average molecular weight is 269 g/mol. The fourth-order valence-corrected chi connectivity index (χ4v) is 1.71. The molecule has 2 aromatic rings. The van der Waals surface area contributed by atoms with Crippen LogP contribution in [0.25, 0.3) is 0 Å². The molecule has 0 bridgehead atoms. The number of hydrogen-bond donors (Lipinski definition) is 1. The van der Waals surface area contributed by atoms with Gasteiger partial charge < -0.3 is 10.5 Å². The summed E-state index contributed by atoms with van der Waals surface area (Å²) in [4.78, 5) is 0. The van der Waals surface area contributed by atoms with E-state index in [1.165, 1.54) is 11.6 Å². The van der Waals surface area contributed by atoms with Gasteiger partial charge in [-0.05, 0) is 36.8 Å². The number of hydrogen-bond acceptors (Lipinski definition) is 2. The predicted molar refractivity (Wildman–Crippen MR) is 77.8 cm³/mol. The Balaban J connectivity index is 2.08. The van der Waals surface area contributed by atoms with Crippen molar-refractivity contribution in [1.29, 1.82) is 0 Å². The second-order valence-corrected chi connectivity index (χ2v) is 4.42. The molecule has 0 aliphatic heterocycles. The van der Waals surface area contributed by atoms with Gasteiger partial charge in [0.25, 0.3) is 0 Å². The van der Waals surface area contributed by atoms with Gasteiger partial charge in [-0.3, -0.25) is 0 Å². The zero-order chi connectivity index (χ0) is 14.4. The minimum Gasteiger partial charge on any atom is -0.489 e. The highest BCUT2D eigenvalue weighted by atomic mass is 19.1. The first-order chi connectivity index (χ1) is 9.69. The molecule has 0 spiro atoms. The number of rotatable bonds is 3. The molecule has 20 heavy (non-hydrogen) atoms. The second-order valence-electron chi connectivity index (χ2n) is 4.42. The maximum Gasteiger partial charge on any atom is 0.138 e. The van der Waals surface area contributed by atoms with Crippen molar-refractivity contribution in [3.05, 3.63) is 65.0 Å². The van der Waals surface area contributed by atoms with Crippen molar-refractivity contribution in [3.63, 3.8) is 0 Å². The molecule has 3 heteroatoms. The molecule has 0 heterocycles. The third-order valence-corrected chi connectivity index (χ3v) is 2.78. The van der Waals surface area contributed by atoms with Gasteiger partial charge in [0.2, 0.25) is 0 Å². The Morgan fingerprint density at radius 3 is 2.60 bits per heavy atom. The molecule has 102 valence electrons. The summed E-state index contributed by atoms with van der Waals surface area (Å²) in [6.07, 6.45) is 0. The first-order valence-corrected chi connectivity index (χ1v) is 6.36. The first-order valence-electron chi connectivity index (χ1n) is 6.36. The van der Waals surface area contributed by atoms with Gasteiger partial charge in [-0.25, -0.2) is 4.39 Å². The molecule has 0 amide bonds. The summed E-state index contributed by atoms with van der Waals surface area (Å²) >= 11 is 0. The highest BCUT2D eigenvalue weighted by Gasteiger charge is 2.02. The van der Waals surface area contributed by atoms with Crippen molar-refractivity contribution >= 4 is 0 Å². The van der Waals surface area contributed by atoms with Gasteiger partial charge in [0.1, 0.15) is 18.2 Å². The highest BCUT2D eigenvalue weighted by Crippen LogP contribution is 2.15. The largest absolute Gasteiger partial charge is 0.489 e. The van der Waals surface area contributed by atoms with Crippen LogP contribution < -0.4 is 10.5 Å². The quantitative estimate of drug-likeness (QED) is 0.869. The topological polar surface area (TPSA) is 35.2 Å². The number of aryl methyl sites for hydroxylation is 1. The molecule has 0 aliphatic carbocycles. The summed E-state index contributed by atoms with van der Waals surface area (Å²) in [7, 11) is 0. The highest BCUT2D eigenvalue weighted by molar-refractivity contribution is 5.38. The lowest BCUT2D eigenvalue weighted by Crippen LogP contribution is -1.98. The molecule has 0 saturated carbocycles. The van der Waals surface area contributed by atoms with E-state index in [-0.39, 0.29) is 12.4 Å². The van der Waals surface area contributed by atoms with Gasteiger partial charge in [-0.2, -0.15) is 0 Å². The van der Waals surface area contributed by atoms with Crippen LogP contribution in [-0.4, -0.2) is 6.54 Å². The SMILES string of the molecule is Cc1ccc(OCc2ccc(F)c(C#CCN)c2)cc1. The summed E-state index contributed by atoms with van der Waals surface area (Å²) in [6, 6.07) is 12.6. The van der Waals surface area contributed by atoms with Crippen LogP contribution in [0.1, 0.15) is 16.7 Å². The fraction of sp³-hybridized carbons (Fsp3) is 0.176. The summed E-state index contributed by atoms with van der Waals surface area (Å²) in [5.41, 5.74) is 7.69. The van der Waals surface area contributed by atoms with Crippen LogP contribution in [0.15, 0.2) is 42.5 Å². The summed E-state index contributed by atoms with van der Waals surface area (Å²) in [5.74, 6) is 5.81. The second kappa shape index (κ2) is 6.74. The Kier molecular flexibility index (Phi) is 4.75. The van der Waals surface area contributed by atoms with Crippen LogP contribution in [0.4, 0.5) is 4.39 Å². The standard InChI is InChI=1S/C17H16FNO/c1-13-4-7-16(8-5-13)20-12-14-6-9-17(18)15(11-14)3-2-10-19/h4-9,11H,10,12,19H2,1H3. The van der Waals surface area contributed by atoms with Crippen LogP contribution in [0.3, 0.4) is 0 Å². The smallest absolute Gasteiger partial charge is 0.138 e. The molecule has 0 radical (unpaired) electrons. The number of halogens is 1. The molecule has 0 unspecified atom stereocenters. The zero-order valence-corrected chi connectivity index (χ0v) is 11.3. The zero-order valence-electron chi connectivity index (χ0n) is 11.3. The van der Waals surface area contributed by atoms with Crippen molar-refractivity contribution in [2.24, 2.45) is 5.73 Å². The van der Waals surface area contributed by atoms with Gasteiger partial charge >= 0.3 is 0 Å². The summed E-state index contributed by atoms with van der Waals surface area (Å²) in [6.45, 7) is 2.61. The summed E-state index contributed by atoms with van der Waals surface area (Å²) in [5, 5.41) is 0. The van der Waals surface area contributed by atoms with E-state index >= 15 is 0 Å². The van der Waals surface area contributed by atoms with Crippen molar-refractivity contribution in [2.75, 3.05) is 6.54 Å². The third-order valence-electron chi connectivity index (χ3n) is 2.78. The molecule has 0 fully saturated rings. The lowest BCUT2D eigenvalue weighted by molar-refractivity contribution is 0.306. The summed E-state index contributed by atoms with van der Waals surface area (Å²) < 4.78 is 19.2. The lowest BCUT2D eigenvalue weighted by atomic mass is 10.1. The van der Waals surface area contributed by atoms with Crippen LogP contribution in [0.5, 0.6) is 5.75 Å². The molecule has 0 aliphatic rings. The van der Waals surface area contributed by atoms with Crippen molar-refractivity contribution < 1.29 is 9.13 Å². The van der Waals surface area contributed by atoms with E-state index in [9.17, 15) is 4.39 Å². The Labute approximate surface area is 118 Å². The lowest BCUT2D eigenvalue weighted by Gasteiger charge is -2.07. The van der Waals surface area contributed by atoms with E-state index in [1.807, 2.05) is 31.2 Å². The van der Waals surface area contributed by atoms with Crippen molar-refractivity contribution in [1.82, 2.24) is 0 Å². The monoisotopic (exact) mass is 269 g/mol. The Morgan fingerprint density at radius 2 is 1.90 bits per heavy atom. The van der Waals surface area contributed by atoms with Crippen molar-refractivity contribution in [3.8, 4) is 17.6 Å². The van der Waals surface area contributed by atoms with E-state index in [4.69, 9.17) is 10.5 Å². The van der Waals surface area contributed by atoms with E-state index in [2.05, 4.69) is 11.8 Å². The van der Waals surface area contributed by atoms with Crippen LogP contribution in [-0.2, 0) is 6.61 Å².